The summed E-state index contributed by atoms with van der Waals surface area (Å²) in [6.45, 7) is 0.904. The molecule has 0 saturated heterocycles. The van der Waals surface area contributed by atoms with E-state index in [1.54, 1.807) is 0 Å². The molecule has 0 spiro atoms. The molecule has 4 N–H and O–H groups in total. The lowest BCUT2D eigenvalue weighted by molar-refractivity contribution is -0.383. The Morgan fingerprint density at radius 3 is 2.60 bits per heavy atom. The van der Waals surface area contributed by atoms with Crippen LogP contribution in [0.1, 0.15) is 32.1 Å². The maximum Gasteiger partial charge on any atom is 0.0793 e. The molecule has 60 valence electrons. The van der Waals surface area contributed by atoms with Crippen LogP contribution in [-0.4, -0.2) is 17.8 Å². The molecule has 1 rings (SSSR count). The zero-order valence-electron chi connectivity index (χ0n) is 6.55. The van der Waals surface area contributed by atoms with E-state index in [0.717, 1.165) is 13.0 Å². The summed E-state index contributed by atoms with van der Waals surface area (Å²) < 4.78 is 0. The zero-order chi connectivity index (χ0) is 7.40. The SMILES string of the molecule is [NH3+]C[C@@H]1CCCCC[C@@H]1O. The molecule has 0 radical (unpaired) electrons. The number of hydrogen-bond acceptors (Lipinski definition) is 1. The van der Waals surface area contributed by atoms with Crippen LogP contribution in [0.4, 0.5) is 0 Å². The molecule has 2 heteroatoms. The largest absolute Gasteiger partial charge is 0.393 e. The van der Waals surface area contributed by atoms with Crippen molar-refractivity contribution in [3.8, 4) is 0 Å². The molecule has 0 aliphatic heterocycles. The Hall–Kier alpha value is -0.0800. The molecular formula is C8H18NO+. The molecule has 1 saturated carbocycles. The van der Waals surface area contributed by atoms with E-state index in [1.165, 1.54) is 25.7 Å². The van der Waals surface area contributed by atoms with Crippen LogP contribution >= 0.6 is 0 Å². The Balaban J connectivity index is 2.35. The van der Waals surface area contributed by atoms with Crippen LogP contribution in [0.25, 0.3) is 0 Å². The second-order valence-electron chi connectivity index (χ2n) is 3.25. The van der Waals surface area contributed by atoms with E-state index in [1.807, 2.05) is 0 Å². The molecule has 0 aromatic carbocycles. The van der Waals surface area contributed by atoms with Gasteiger partial charge in [0.1, 0.15) is 0 Å². The van der Waals surface area contributed by atoms with Crippen LogP contribution in [0.3, 0.4) is 0 Å². The van der Waals surface area contributed by atoms with E-state index in [-0.39, 0.29) is 6.10 Å². The van der Waals surface area contributed by atoms with Crippen LogP contribution < -0.4 is 5.73 Å². The van der Waals surface area contributed by atoms with Crippen LogP contribution in [-0.2, 0) is 0 Å². The molecule has 0 aromatic heterocycles. The van der Waals surface area contributed by atoms with Crippen LogP contribution in [0.5, 0.6) is 0 Å². The maximum atomic E-state index is 9.51. The summed E-state index contributed by atoms with van der Waals surface area (Å²) in [6.07, 6.45) is 5.92. The molecule has 0 aromatic rings. The maximum absolute atomic E-state index is 9.51. The minimum Gasteiger partial charge on any atom is -0.393 e. The smallest absolute Gasteiger partial charge is 0.0793 e. The van der Waals surface area contributed by atoms with Gasteiger partial charge in [-0.05, 0) is 12.8 Å². The summed E-state index contributed by atoms with van der Waals surface area (Å²) in [4.78, 5) is 0. The summed E-state index contributed by atoms with van der Waals surface area (Å²) in [5.41, 5.74) is 3.84. The Morgan fingerprint density at radius 1 is 1.20 bits per heavy atom. The Morgan fingerprint density at radius 2 is 1.90 bits per heavy atom. The second-order valence-corrected chi connectivity index (χ2v) is 3.25. The predicted octanol–water partition coefficient (Wildman–Crippen LogP) is 0.169. The van der Waals surface area contributed by atoms with E-state index in [4.69, 9.17) is 0 Å². The van der Waals surface area contributed by atoms with Crippen molar-refractivity contribution in [2.75, 3.05) is 6.54 Å². The van der Waals surface area contributed by atoms with Crippen molar-refractivity contribution in [2.45, 2.75) is 38.2 Å². The first-order valence-electron chi connectivity index (χ1n) is 4.32. The highest BCUT2D eigenvalue weighted by molar-refractivity contribution is 4.71. The van der Waals surface area contributed by atoms with Crippen LogP contribution in [0.15, 0.2) is 0 Å². The van der Waals surface area contributed by atoms with E-state index >= 15 is 0 Å². The lowest BCUT2D eigenvalue weighted by atomic mass is 9.98. The van der Waals surface area contributed by atoms with E-state index in [9.17, 15) is 5.11 Å². The number of quaternary nitrogens is 1. The third-order valence-electron chi connectivity index (χ3n) is 2.49. The van der Waals surface area contributed by atoms with Crippen molar-refractivity contribution in [1.29, 1.82) is 0 Å². The van der Waals surface area contributed by atoms with Gasteiger partial charge in [0, 0.05) is 5.92 Å². The highest BCUT2D eigenvalue weighted by atomic mass is 16.3. The summed E-state index contributed by atoms with van der Waals surface area (Å²) in [5.74, 6) is 0.488. The minimum absolute atomic E-state index is 0.0556. The molecule has 10 heavy (non-hydrogen) atoms. The van der Waals surface area contributed by atoms with Gasteiger partial charge in [0.05, 0.1) is 12.6 Å². The standard InChI is InChI=1S/C8H17NO/c9-6-7-4-2-1-3-5-8(7)10/h7-8,10H,1-6,9H2/p+1/t7-,8-/m0/s1. The number of aliphatic hydroxyl groups excluding tert-OH is 1. The second kappa shape index (κ2) is 3.94. The van der Waals surface area contributed by atoms with Gasteiger partial charge in [-0.25, -0.2) is 0 Å². The predicted molar refractivity (Wildman–Crippen MR) is 40.3 cm³/mol. The fourth-order valence-electron chi connectivity index (χ4n) is 1.70. The van der Waals surface area contributed by atoms with Crippen LogP contribution in [0, 0.1) is 5.92 Å². The van der Waals surface area contributed by atoms with Crippen molar-refractivity contribution in [3.63, 3.8) is 0 Å². The molecule has 1 fully saturated rings. The van der Waals surface area contributed by atoms with Crippen LogP contribution in [0.2, 0.25) is 0 Å². The van der Waals surface area contributed by atoms with Crippen molar-refractivity contribution in [1.82, 2.24) is 0 Å². The Kier molecular flexibility index (Phi) is 3.16. The first-order valence-corrected chi connectivity index (χ1v) is 4.32. The quantitative estimate of drug-likeness (QED) is 0.506. The highest BCUT2D eigenvalue weighted by Crippen LogP contribution is 2.21. The fourth-order valence-corrected chi connectivity index (χ4v) is 1.70. The summed E-state index contributed by atoms with van der Waals surface area (Å²) >= 11 is 0. The van der Waals surface area contributed by atoms with Gasteiger partial charge in [0.25, 0.3) is 0 Å². The highest BCUT2D eigenvalue weighted by Gasteiger charge is 2.20. The lowest BCUT2D eigenvalue weighted by Crippen LogP contribution is -2.55. The van der Waals surface area contributed by atoms with Gasteiger partial charge < -0.3 is 10.8 Å². The van der Waals surface area contributed by atoms with Crippen molar-refractivity contribution >= 4 is 0 Å². The van der Waals surface area contributed by atoms with Gasteiger partial charge >= 0.3 is 0 Å². The van der Waals surface area contributed by atoms with Gasteiger partial charge in [0.2, 0.25) is 0 Å². The molecule has 2 nitrogen and oxygen atoms in total. The Labute approximate surface area is 62.4 Å². The fraction of sp³-hybridized carbons (Fsp3) is 1.00. The first kappa shape index (κ1) is 8.02. The normalized spacial score (nSPS) is 35.4. The van der Waals surface area contributed by atoms with Crippen molar-refractivity contribution in [3.05, 3.63) is 0 Å². The number of rotatable bonds is 1. The van der Waals surface area contributed by atoms with Crippen molar-refractivity contribution < 1.29 is 10.8 Å². The molecule has 2 atom stereocenters. The van der Waals surface area contributed by atoms with Crippen molar-refractivity contribution in [2.24, 2.45) is 5.92 Å². The van der Waals surface area contributed by atoms with Gasteiger partial charge in [-0.1, -0.05) is 19.3 Å². The Bertz CT molecular complexity index is 95.3. The number of aliphatic hydroxyl groups is 1. The van der Waals surface area contributed by atoms with E-state index in [2.05, 4.69) is 5.73 Å². The number of hydrogen-bond donors (Lipinski definition) is 2. The monoisotopic (exact) mass is 144 g/mol. The van der Waals surface area contributed by atoms with Gasteiger partial charge in [0.15, 0.2) is 0 Å². The topological polar surface area (TPSA) is 47.9 Å². The van der Waals surface area contributed by atoms with E-state index in [0.29, 0.717) is 5.92 Å². The van der Waals surface area contributed by atoms with Gasteiger partial charge in [-0.15, -0.1) is 0 Å². The third kappa shape index (κ3) is 1.96. The first-order chi connectivity index (χ1) is 4.84. The molecule has 1 aliphatic rings. The molecule has 0 unspecified atom stereocenters. The third-order valence-corrected chi connectivity index (χ3v) is 2.49. The molecule has 1 aliphatic carbocycles. The summed E-state index contributed by atoms with van der Waals surface area (Å²) in [7, 11) is 0. The average molecular weight is 144 g/mol. The zero-order valence-corrected chi connectivity index (χ0v) is 6.55. The van der Waals surface area contributed by atoms with Gasteiger partial charge in [-0.2, -0.15) is 0 Å². The minimum atomic E-state index is -0.0556. The summed E-state index contributed by atoms with van der Waals surface area (Å²) in [6, 6.07) is 0. The van der Waals surface area contributed by atoms with Gasteiger partial charge in [-0.3, -0.25) is 0 Å². The average Bonchev–Trinajstić information content (AvgIpc) is 2.13. The molecular weight excluding hydrogens is 126 g/mol. The molecule has 0 amide bonds. The van der Waals surface area contributed by atoms with E-state index < -0.39 is 0 Å². The molecule has 0 bridgehead atoms. The summed E-state index contributed by atoms with van der Waals surface area (Å²) in [5, 5.41) is 9.51. The lowest BCUT2D eigenvalue weighted by Gasteiger charge is -2.15. The molecule has 0 heterocycles.